The molecule has 1 unspecified atom stereocenters. The first-order chi connectivity index (χ1) is 9.76. The summed E-state index contributed by atoms with van der Waals surface area (Å²) in [7, 11) is 1.75. The third-order valence-electron chi connectivity index (χ3n) is 4.10. The van der Waals surface area contributed by atoms with Gasteiger partial charge in [0.15, 0.2) is 0 Å². The first-order valence-corrected chi connectivity index (χ1v) is 8.59. The molecule has 0 spiro atoms. The number of rotatable bonds is 4. The molecule has 1 fully saturated rings. The lowest BCUT2D eigenvalue weighted by Gasteiger charge is -2.23. The lowest BCUT2D eigenvalue weighted by atomic mass is 10.1. The van der Waals surface area contributed by atoms with Gasteiger partial charge in [0, 0.05) is 30.1 Å². The van der Waals surface area contributed by atoms with Crippen molar-refractivity contribution < 1.29 is 9.47 Å². The highest BCUT2D eigenvalue weighted by Crippen LogP contribution is 2.35. The van der Waals surface area contributed by atoms with E-state index in [1.807, 2.05) is 0 Å². The zero-order valence-electron chi connectivity index (χ0n) is 12.3. The van der Waals surface area contributed by atoms with Gasteiger partial charge in [-0.05, 0) is 43.4 Å². The van der Waals surface area contributed by atoms with Crippen molar-refractivity contribution in [3.8, 4) is 11.5 Å². The van der Waals surface area contributed by atoms with Crippen LogP contribution < -0.4 is 14.8 Å². The Hall–Kier alpha value is -0.870. The highest BCUT2D eigenvalue weighted by atomic mass is 32.2. The van der Waals surface area contributed by atoms with Gasteiger partial charge in [-0.15, -0.1) is 0 Å². The fourth-order valence-electron chi connectivity index (χ4n) is 2.97. The molecule has 0 radical (unpaired) electrons. The highest BCUT2D eigenvalue weighted by Gasteiger charge is 2.22. The third kappa shape index (κ3) is 3.07. The molecule has 2 heterocycles. The average molecular weight is 293 g/mol. The van der Waals surface area contributed by atoms with Crippen LogP contribution >= 0.6 is 11.8 Å². The SMILES string of the molecule is COc1cc2c(cc1CNC1CCSCC1)OC(C)C2. The highest BCUT2D eigenvalue weighted by molar-refractivity contribution is 7.99. The van der Waals surface area contributed by atoms with Crippen LogP contribution in [0.25, 0.3) is 0 Å². The number of methoxy groups -OCH3 is 1. The number of benzene rings is 1. The Kier molecular flexibility index (Phi) is 4.41. The molecule has 2 aliphatic heterocycles. The van der Waals surface area contributed by atoms with E-state index in [-0.39, 0.29) is 6.10 Å². The fourth-order valence-corrected chi connectivity index (χ4v) is 4.07. The first kappa shape index (κ1) is 14.1. The Labute approximate surface area is 125 Å². The third-order valence-corrected chi connectivity index (χ3v) is 5.15. The molecule has 1 aromatic carbocycles. The Morgan fingerprint density at radius 3 is 2.90 bits per heavy atom. The molecule has 0 saturated carbocycles. The minimum Gasteiger partial charge on any atom is -0.496 e. The summed E-state index contributed by atoms with van der Waals surface area (Å²) in [4.78, 5) is 0. The molecule has 20 heavy (non-hydrogen) atoms. The van der Waals surface area contributed by atoms with E-state index in [9.17, 15) is 0 Å². The summed E-state index contributed by atoms with van der Waals surface area (Å²) in [6, 6.07) is 4.95. The Morgan fingerprint density at radius 2 is 2.15 bits per heavy atom. The predicted molar refractivity (Wildman–Crippen MR) is 84.0 cm³/mol. The number of nitrogens with one attached hydrogen (secondary N) is 1. The van der Waals surface area contributed by atoms with Gasteiger partial charge in [-0.1, -0.05) is 0 Å². The van der Waals surface area contributed by atoms with Gasteiger partial charge in [-0.3, -0.25) is 0 Å². The van der Waals surface area contributed by atoms with Crippen molar-refractivity contribution in [3.05, 3.63) is 23.3 Å². The molecule has 0 aromatic heterocycles. The van der Waals surface area contributed by atoms with Gasteiger partial charge in [0.25, 0.3) is 0 Å². The second-order valence-electron chi connectivity index (χ2n) is 5.67. The van der Waals surface area contributed by atoms with Crippen molar-refractivity contribution in [1.29, 1.82) is 0 Å². The summed E-state index contributed by atoms with van der Waals surface area (Å²) in [5.74, 6) is 4.58. The van der Waals surface area contributed by atoms with Crippen molar-refractivity contribution in [2.45, 2.75) is 44.9 Å². The normalized spacial score (nSPS) is 22.4. The summed E-state index contributed by atoms with van der Waals surface area (Å²) in [6.45, 7) is 2.98. The maximum atomic E-state index is 5.85. The Bertz CT molecular complexity index is 472. The maximum Gasteiger partial charge on any atom is 0.123 e. The molecular weight excluding hydrogens is 270 g/mol. The Morgan fingerprint density at radius 1 is 1.35 bits per heavy atom. The quantitative estimate of drug-likeness (QED) is 0.924. The topological polar surface area (TPSA) is 30.5 Å². The van der Waals surface area contributed by atoms with E-state index in [1.165, 1.54) is 35.5 Å². The van der Waals surface area contributed by atoms with Crippen molar-refractivity contribution in [2.75, 3.05) is 18.6 Å². The first-order valence-electron chi connectivity index (χ1n) is 7.44. The summed E-state index contributed by atoms with van der Waals surface area (Å²) in [5.41, 5.74) is 2.48. The van der Waals surface area contributed by atoms with Crippen LogP contribution in [0.5, 0.6) is 11.5 Å². The van der Waals surface area contributed by atoms with E-state index < -0.39 is 0 Å². The molecule has 0 amide bonds. The number of thioether (sulfide) groups is 1. The van der Waals surface area contributed by atoms with Crippen LogP contribution in [0.15, 0.2) is 12.1 Å². The molecule has 2 aliphatic rings. The monoisotopic (exact) mass is 293 g/mol. The van der Waals surface area contributed by atoms with Gasteiger partial charge < -0.3 is 14.8 Å². The fraction of sp³-hybridized carbons (Fsp3) is 0.625. The summed E-state index contributed by atoms with van der Waals surface area (Å²) in [6.07, 6.45) is 3.81. The van der Waals surface area contributed by atoms with Crippen molar-refractivity contribution in [2.24, 2.45) is 0 Å². The van der Waals surface area contributed by atoms with Crippen molar-refractivity contribution >= 4 is 11.8 Å². The minimum absolute atomic E-state index is 0.285. The molecule has 0 bridgehead atoms. The molecule has 4 heteroatoms. The van der Waals surface area contributed by atoms with Gasteiger partial charge >= 0.3 is 0 Å². The second-order valence-corrected chi connectivity index (χ2v) is 6.90. The van der Waals surface area contributed by atoms with Crippen molar-refractivity contribution in [3.63, 3.8) is 0 Å². The van der Waals surface area contributed by atoms with E-state index in [4.69, 9.17) is 9.47 Å². The molecular formula is C16H23NO2S. The number of ether oxygens (including phenoxy) is 2. The zero-order valence-corrected chi connectivity index (χ0v) is 13.1. The Balaban J connectivity index is 1.70. The van der Waals surface area contributed by atoms with Gasteiger partial charge in [0.2, 0.25) is 0 Å². The number of hydrogen-bond acceptors (Lipinski definition) is 4. The van der Waals surface area contributed by atoms with Gasteiger partial charge in [0.1, 0.15) is 17.6 Å². The van der Waals surface area contributed by atoms with E-state index in [0.717, 1.165) is 24.5 Å². The number of fused-ring (bicyclic) bond motifs is 1. The largest absolute Gasteiger partial charge is 0.496 e. The van der Waals surface area contributed by atoms with E-state index in [1.54, 1.807) is 7.11 Å². The second kappa shape index (κ2) is 6.27. The smallest absolute Gasteiger partial charge is 0.123 e. The van der Waals surface area contributed by atoms with Crippen LogP contribution in [0.2, 0.25) is 0 Å². The predicted octanol–water partition coefficient (Wildman–Crippen LogP) is 3.00. The molecule has 0 aliphatic carbocycles. The van der Waals surface area contributed by atoms with Crippen LogP contribution in [0, 0.1) is 0 Å². The van der Waals surface area contributed by atoms with E-state index >= 15 is 0 Å². The van der Waals surface area contributed by atoms with Crippen LogP contribution in [-0.4, -0.2) is 30.8 Å². The average Bonchev–Trinajstić information content (AvgIpc) is 2.84. The molecule has 3 rings (SSSR count). The van der Waals surface area contributed by atoms with Gasteiger partial charge in [0.05, 0.1) is 7.11 Å². The van der Waals surface area contributed by atoms with Crippen LogP contribution in [0.3, 0.4) is 0 Å². The van der Waals surface area contributed by atoms with Crippen LogP contribution in [0.4, 0.5) is 0 Å². The molecule has 1 saturated heterocycles. The summed E-state index contributed by atoms with van der Waals surface area (Å²) < 4.78 is 11.4. The molecule has 1 atom stereocenters. The summed E-state index contributed by atoms with van der Waals surface area (Å²) in [5, 5.41) is 3.67. The van der Waals surface area contributed by atoms with Gasteiger partial charge in [-0.25, -0.2) is 0 Å². The van der Waals surface area contributed by atoms with Crippen LogP contribution in [-0.2, 0) is 13.0 Å². The molecule has 1 aromatic rings. The summed E-state index contributed by atoms with van der Waals surface area (Å²) >= 11 is 2.06. The molecule has 3 nitrogen and oxygen atoms in total. The van der Waals surface area contributed by atoms with Crippen molar-refractivity contribution in [1.82, 2.24) is 5.32 Å². The van der Waals surface area contributed by atoms with E-state index in [2.05, 4.69) is 36.1 Å². The molecule has 1 N–H and O–H groups in total. The molecule has 110 valence electrons. The lowest BCUT2D eigenvalue weighted by molar-refractivity contribution is 0.254. The lowest BCUT2D eigenvalue weighted by Crippen LogP contribution is -2.32. The minimum atomic E-state index is 0.285. The maximum absolute atomic E-state index is 5.85. The number of hydrogen-bond donors (Lipinski definition) is 1. The standard InChI is InChI=1S/C16H23NO2S/c1-11-7-12-8-15(18-2)13(9-16(12)19-11)10-17-14-3-5-20-6-4-14/h8-9,11,14,17H,3-7,10H2,1-2H3. The van der Waals surface area contributed by atoms with Crippen LogP contribution in [0.1, 0.15) is 30.9 Å². The van der Waals surface area contributed by atoms with E-state index in [0.29, 0.717) is 6.04 Å². The van der Waals surface area contributed by atoms with Gasteiger partial charge in [-0.2, -0.15) is 11.8 Å². The zero-order chi connectivity index (χ0) is 13.9.